The third-order valence-corrected chi connectivity index (χ3v) is 5.94. The molecule has 2 N–H and O–H groups in total. The summed E-state index contributed by atoms with van der Waals surface area (Å²) in [7, 11) is 5.39. The van der Waals surface area contributed by atoms with E-state index in [0.717, 1.165) is 31.9 Å². The number of rotatable bonds is 7. The van der Waals surface area contributed by atoms with Gasteiger partial charge in [-0.05, 0) is 7.05 Å². The molecular weight excluding hydrogens is 428 g/mol. The number of piperazine rings is 1. The average Bonchev–Trinajstić information content (AvgIpc) is 2.84. The highest BCUT2D eigenvalue weighted by molar-refractivity contribution is 5.77. The van der Waals surface area contributed by atoms with Crippen LogP contribution in [-0.4, -0.2) is 93.5 Å². The molecule has 2 aliphatic heterocycles. The molecule has 2 fully saturated rings. The first-order valence-corrected chi connectivity index (χ1v) is 10.9. The van der Waals surface area contributed by atoms with Gasteiger partial charge in [-0.1, -0.05) is 0 Å². The Morgan fingerprint density at radius 3 is 2.42 bits per heavy atom. The molecule has 2 aliphatic rings. The van der Waals surface area contributed by atoms with Crippen LogP contribution in [0.4, 0.5) is 34.5 Å². The standard InChI is InChI=1S/C21H30N8O4/c1-22-20-18(28-8-10-33-11-9-28)14-23-21(25-20)24-15-12-17(29(30)31)16(13-19(15)32-3)27-6-4-26(2)5-7-27/h12-14H,4-11H2,1-3H3,(H2,22,23,24,25). The van der Waals surface area contributed by atoms with E-state index in [1.165, 1.54) is 6.07 Å². The number of ether oxygens (including phenoxy) is 2. The number of nitro benzene ring substituents is 1. The van der Waals surface area contributed by atoms with Gasteiger partial charge in [-0.3, -0.25) is 10.1 Å². The second-order valence-corrected chi connectivity index (χ2v) is 7.99. The molecule has 2 saturated heterocycles. The smallest absolute Gasteiger partial charge is 0.294 e. The van der Waals surface area contributed by atoms with Crippen LogP contribution in [0.3, 0.4) is 0 Å². The summed E-state index contributed by atoms with van der Waals surface area (Å²) in [5.74, 6) is 1.47. The Labute approximate surface area is 192 Å². The van der Waals surface area contributed by atoms with Gasteiger partial charge in [0.05, 0.1) is 42.8 Å². The number of nitrogens with zero attached hydrogens (tertiary/aromatic N) is 6. The van der Waals surface area contributed by atoms with Crippen molar-refractivity contribution in [2.75, 3.05) is 94.1 Å². The molecule has 0 atom stereocenters. The molecule has 1 aromatic heterocycles. The molecule has 0 unspecified atom stereocenters. The van der Waals surface area contributed by atoms with E-state index in [1.54, 1.807) is 26.4 Å². The zero-order valence-corrected chi connectivity index (χ0v) is 19.2. The summed E-state index contributed by atoms with van der Waals surface area (Å²) >= 11 is 0. The van der Waals surface area contributed by atoms with Crippen molar-refractivity contribution in [3.8, 4) is 5.75 Å². The Kier molecular flexibility index (Phi) is 6.94. The molecule has 0 amide bonds. The summed E-state index contributed by atoms with van der Waals surface area (Å²) in [4.78, 5) is 26.9. The first-order chi connectivity index (χ1) is 16.0. The summed E-state index contributed by atoms with van der Waals surface area (Å²) < 4.78 is 11.0. The van der Waals surface area contributed by atoms with Crippen LogP contribution < -0.4 is 25.2 Å². The molecule has 4 rings (SSSR count). The van der Waals surface area contributed by atoms with Crippen LogP contribution in [0, 0.1) is 10.1 Å². The third kappa shape index (κ3) is 5.01. The van der Waals surface area contributed by atoms with Gasteiger partial charge in [-0.2, -0.15) is 4.98 Å². The van der Waals surface area contributed by atoms with Crippen LogP contribution in [-0.2, 0) is 4.74 Å². The Morgan fingerprint density at radius 1 is 1.09 bits per heavy atom. The fourth-order valence-electron chi connectivity index (χ4n) is 4.05. The number of nitro groups is 1. The number of aromatic nitrogens is 2. The van der Waals surface area contributed by atoms with E-state index in [9.17, 15) is 10.1 Å². The van der Waals surface area contributed by atoms with Crippen molar-refractivity contribution in [1.29, 1.82) is 0 Å². The van der Waals surface area contributed by atoms with Gasteiger partial charge in [0.15, 0.2) is 5.82 Å². The molecule has 0 radical (unpaired) electrons. The van der Waals surface area contributed by atoms with E-state index in [2.05, 4.69) is 30.4 Å². The maximum atomic E-state index is 11.9. The van der Waals surface area contributed by atoms with E-state index in [0.29, 0.717) is 55.2 Å². The molecule has 2 aromatic rings. The fraction of sp³-hybridized carbons (Fsp3) is 0.524. The highest BCUT2D eigenvalue weighted by Gasteiger charge is 2.26. The molecule has 1 aromatic carbocycles. The van der Waals surface area contributed by atoms with E-state index < -0.39 is 0 Å². The topological polar surface area (TPSA) is 121 Å². The molecule has 12 nitrogen and oxygen atoms in total. The van der Waals surface area contributed by atoms with Crippen molar-refractivity contribution in [2.45, 2.75) is 0 Å². The first kappa shape index (κ1) is 22.8. The van der Waals surface area contributed by atoms with E-state index in [-0.39, 0.29) is 10.6 Å². The number of methoxy groups -OCH3 is 1. The predicted octanol–water partition coefficient (Wildman–Crippen LogP) is 1.77. The van der Waals surface area contributed by atoms with Gasteiger partial charge < -0.3 is 34.8 Å². The lowest BCUT2D eigenvalue weighted by molar-refractivity contribution is -0.384. The minimum absolute atomic E-state index is 0.0154. The summed E-state index contributed by atoms with van der Waals surface area (Å²) in [6.07, 6.45) is 1.74. The lowest BCUT2D eigenvalue weighted by atomic mass is 10.1. The maximum Gasteiger partial charge on any atom is 0.294 e. The summed E-state index contributed by atoms with van der Waals surface area (Å²) in [6.45, 7) is 5.95. The second-order valence-electron chi connectivity index (χ2n) is 7.99. The monoisotopic (exact) mass is 458 g/mol. The van der Waals surface area contributed by atoms with Gasteiger partial charge in [-0.15, -0.1) is 0 Å². The largest absolute Gasteiger partial charge is 0.494 e. The summed E-state index contributed by atoms with van der Waals surface area (Å²) in [6, 6.07) is 3.21. The average molecular weight is 459 g/mol. The van der Waals surface area contributed by atoms with Crippen LogP contribution in [0.2, 0.25) is 0 Å². The van der Waals surface area contributed by atoms with E-state index in [1.807, 2.05) is 11.9 Å². The highest BCUT2D eigenvalue weighted by Crippen LogP contribution is 2.39. The minimum Gasteiger partial charge on any atom is -0.494 e. The second kappa shape index (κ2) is 10.0. The minimum atomic E-state index is -0.361. The van der Waals surface area contributed by atoms with Crippen molar-refractivity contribution in [3.63, 3.8) is 0 Å². The van der Waals surface area contributed by atoms with E-state index in [4.69, 9.17) is 9.47 Å². The lowest BCUT2D eigenvalue weighted by Gasteiger charge is -2.34. The van der Waals surface area contributed by atoms with Crippen molar-refractivity contribution < 1.29 is 14.4 Å². The van der Waals surface area contributed by atoms with Crippen LogP contribution in [0.15, 0.2) is 18.3 Å². The zero-order valence-electron chi connectivity index (χ0n) is 19.2. The van der Waals surface area contributed by atoms with Gasteiger partial charge >= 0.3 is 0 Å². The van der Waals surface area contributed by atoms with Gasteiger partial charge in [0.25, 0.3) is 5.69 Å². The molecule has 178 valence electrons. The van der Waals surface area contributed by atoms with E-state index >= 15 is 0 Å². The van der Waals surface area contributed by atoms with Crippen molar-refractivity contribution in [1.82, 2.24) is 14.9 Å². The lowest BCUT2D eigenvalue weighted by Crippen LogP contribution is -2.44. The Balaban J connectivity index is 1.63. The van der Waals surface area contributed by atoms with Gasteiger partial charge in [-0.25, -0.2) is 4.98 Å². The molecule has 3 heterocycles. The summed E-state index contributed by atoms with van der Waals surface area (Å²) in [5, 5.41) is 18.1. The molecular formula is C21H30N8O4. The molecule has 0 spiro atoms. The van der Waals surface area contributed by atoms with Gasteiger partial charge in [0, 0.05) is 58.4 Å². The SMILES string of the molecule is CNc1nc(Nc2cc([N+](=O)[O-])c(N3CCN(C)CC3)cc2OC)ncc1N1CCOCC1. The zero-order chi connectivity index (χ0) is 23.4. The summed E-state index contributed by atoms with van der Waals surface area (Å²) in [5.41, 5.74) is 1.88. The number of hydrogen-bond acceptors (Lipinski definition) is 11. The normalized spacial score (nSPS) is 17.1. The molecule has 12 heteroatoms. The molecule has 0 saturated carbocycles. The molecule has 33 heavy (non-hydrogen) atoms. The Bertz CT molecular complexity index is 990. The van der Waals surface area contributed by atoms with Gasteiger partial charge in [0.2, 0.25) is 5.95 Å². The number of likely N-dealkylation sites (N-methyl/N-ethyl adjacent to an activating group) is 1. The van der Waals surface area contributed by atoms with Crippen LogP contribution in [0.5, 0.6) is 5.75 Å². The van der Waals surface area contributed by atoms with Crippen molar-refractivity contribution in [3.05, 3.63) is 28.4 Å². The third-order valence-electron chi connectivity index (χ3n) is 5.94. The van der Waals surface area contributed by atoms with Gasteiger partial charge in [0.1, 0.15) is 11.4 Å². The maximum absolute atomic E-state index is 11.9. The number of benzene rings is 1. The fourth-order valence-corrected chi connectivity index (χ4v) is 4.05. The Hall–Kier alpha value is -3.38. The quantitative estimate of drug-likeness (QED) is 0.466. The number of nitrogens with one attached hydrogen (secondary N) is 2. The highest BCUT2D eigenvalue weighted by atomic mass is 16.6. The van der Waals surface area contributed by atoms with Crippen molar-refractivity contribution >= 4 is 34.5 Å². The van der Waals surface area contributed by atoms with Crippen LogP contribution in [0.1, 0.15) is 0 Å². The predicted molar refractivity (Wildman–Crippen MR) is 127 cm³/mol. The molecule has 0 aliphatic carbocycles. The number of anilines is 5. The van der Waals surface area contributed by atoms with Crippen molar-refractivity contribution in [2.24, 2.45) is 0 Å². The van der Waals surface area contributed by atoms with Crippen LogP contribution >= 0.6 is 0 Å². The molecule has 0 bridgehead atoms. The van der Waals surface area contributed by atoms with Crippen LogP contribution in [0.25, 0.3) is 0 Å². The number of morpholine rings is 1. The number of hydrogen-bond donors (Lipinski definition) is 2. The Morgan fingerprint density at radius 2 is 1.79 bits per heavy atom. The first-order valence-electron chi connectivity index (χ1n) is 10.9.